The van der Waals surface area contributed by atoms with Crippen molar-refractivity contribution in [2.24, 2.45) is 5.73 Å². The Hall–Kier alpha value is -1.03. The molecule has 0 spiro atoms. The third-order valence-corrected chi connectivity index (χ3v) is 2.21. The van der Waals surface area contributed by atoms with E-state index >= 15 is 0 Å². The molecule has 0 bridgehead atoms. The average Bonchev–Trinajstić information content (AvgIpc) is 2.41. The van der Waals surface area contributed by atoms with Gasteiger partial charge in [-0.05, 0) is 12.8 Å². The number of primary amides is 1. The van der Waals surface area contributed by atoms with Gasteiger partial charge in [-0.2, -0.15) is 0 Å². The van der Waals surface area contributed by atoms with E-state index in [4.69, 9.17) is 5.73 Å². The Morgan fingerprint density at radius 1 is 1.64 bits per heavy atom. The summed E-state index contributed by atoms with van der Waals surface area (Å²) in [5.41, 5.74) is 10.2. The molecule has 4 nitrogen and oxygen atoms in total. The van der Waals surface area contributed by atoms with Crippen molar-refractivity contribution in [2.75, 3.05) is 13.1 Å². The van der Waals surface area contributed by atoms with Crippen LogP contribution < -0.4 is 11.2 Å². The van der Waals surface area contributed by atoms with Crippen LogP contribution in [0, 0.1) is 0 Å². The largest absolute Gasteiger partial charge is 0.366 e. The van der Waals surface area contributed by atoms with Gasteiger partial charge in [0.25, 0.3) is 0 Å². The number of amides is 1. The zero-order valence-corrected chi connectivity index (χ0v) is 6.26. The van der Waals surface area contributed by atoms with Crippen molar-refractivity contribution in [3.63, 3.8) is 0 Å². The van der Waals surface area contributed by atoms with E-state index in [1.54, 1.807) is 0 Å². The standard InChI is InChI=1S/C7H11N3O/c8-7(11)5-4-9-10-3-1-2-6(5)10/h9H,1-4H2,(H2,8,11). The van der Waals surface area contributed by atoms with Crippen LogP contribution in [0.5, 0.6) is 0 Å². The molecule has 4 heteroatoms. The van der Waals surface area contributed by atoms with Gasteiger partial charge in [0.05, 0.1) is 5.57 Å². The second kappa shape index (κ2) is 2.23. The first-order valence-electron chi connectivity index (χ1n) is 3.82. The number of carbonyl (C=O) groups excluding carboxylic acids is 1. The highest BCUT2D eigenvalue weighted by atomic mass is 16.1. The number of allylic oxidation sites excluding steroid dienone is 1. The van der Waals surface area contributed by atoms with Crippen LogP contribution in [0.3, 0.4) is 0 Å². The van der Waals surface area contributed by atoms with Crippen molar-refractivity contribution in [3.05, 3.63) is 11.3 Å². The van der Waals surface area contributed by atoms with Gasteiger partial charge in [-0.15, -0.1) is 0 Å². The Morgan fingerprint density at radius 2 is 2.45 bits per heavy atom. The number of hydrogen-bond acceptors (Lipinski definition) is 3. The molecular formula is C7H11N3O. The first-order valence-corrected chi connectivity index (χ1v) is 3.82. The lowest BCUT2D eigenvalue weighted by Crippen LogP contribution is -2.28. The van der Waals surface area contributed by atoms with E-state index in [0.717, 1.165) is 30.7 Å². The minimum Gasteiger partial charge on any atom is -0.366 e. The second-order valence-electron chi connectivity index (χ2n) is 2.88. The van der Waals surface area contributed by atoms with Gasteiger partial charge in [0, 0.05) is 18.8 Å². The Morgan fingerprint density at radius 3 is 3.18 bits per heavy atom. The first kappa shape index (κ1) is 6.67. The van der Waals surface area contributed by atoms with Gasteiger partial charge >= 0.3 is 0 Å². The molecule has 0 aromatic carbocycles. The molecule has 2 rings (SSSR count). The number of rotatable bonds is 1. The minimum atomic E-state index is -0.281. The fourth-order valence-electron chi connectivity index (χ4n) is 1.67. The number of hydrazine groups is 1. The maximum atomic E-state index is 10.8. The number of carbonyl (C=O) groups is 1. The van der Waals surface area contributed by atoms with E-state index in [2.05, 4.69) is 5.43 Å². The molecule has 1 fully saturated rings. The summed E-state index contributed by atoms with van der Waals surface area (Å²) < 4.78 is 0. The van der Waals surface area contributed by atoms with Crippen LogP contribution in [0.2, 0.25) is 0 Å². The number of nitrogens with two attached hydrogens (primary N) is 1. The zero-order chi connectivity index (χ0) is 7.84. The molecule has 0 aliphatic carbocycles. The summed E-state index contributed by atoms with van der Waals surface area (Å²) in [7, 11) is 0. The lowest BCUT2D eigenvalue weighted by atomic mass is 10.2. The summed E-state index contributed by atoms with van der Waals surface area (Å²) >= 11 is 0. The molecule has 1 amide bonds. The number of hydrogen-bond donors (Lipinski definition) is 2. The van der Waals surface area contributed by atoms with Crippen LogP contribution in [0.4, 0.5) is 0 Å². The highest BCUT2D eigenvalue weighted by Crippen LogP contribution is 2.25. The number of nitrogens with zero attached hydrogens (tertiary/aromatic N) is 1. The molecule has 2 aliphatic rings. The van der Waals surface area contributed by atoms with Crippen molar-refractivity contribution in [2.45, 2.75) is 12.8 Å². The van der Waals surface area contributed by atoms with Crippen LogP contribution in [0.15, 0.2) is 11.3 Å². The molecule has 3 N–H and O–H groups in total. The maximum Gasteiger partial charge on any atom is 0.247 e. The topological polar surface area (TPSA) is 58.4 Å². The number of nitrogens with one attached hydrogen (secondary N) is 1. The van der Waals surface area contributed by atoms with Crippen LogP contribution in [-0.2, 0) is 4.79 Å². The fraction of sp³-hybridized carbons (Fsp3) is 0.571. The molecule has 2 heterocycles. The van der Waals surface area contributed by atoms with Crippen LogP contribution in [0.25, 0.3) is 0 Å². The van der Waals surface area contributed by atoms with Crippen molar-refractivity contribution in [1.29, 1.82) is 0 Å². The van der Waals surface area contributed by atoms with E-state index in [0.29, 0.717) is 6.54 Å². The van der Waals surface area contributed by atoms with Gasteiger partial charge in [0.15, 0.2) is 0 Å². The summed E-state index contributed by atoms with van der Waals surface area (Å²) in [5.74, 6) is -0.281. The van der Waals surface area contributed by atoms with Crippen molar-refractivity contribution in [3.8, 4) is 0 Å². The molecule has 2 aliphatic heterocycles. The summed E-state index contributed by atoms with van der Waals surface area (Å²) in [6.07, 6.45) is 2.12. The average molecular weight is 153 g/mol. The monoisotopic (exact) mass is 153 g/mol. The summed E-state index contributed by atoms with van der Waals surface area (Å²) in [6, 6.07) is 0. The van der Waals surface area contributed by atoms with Crippen LogP contribution in [-0.4, -0.2) is 24.0 Å². The van der Waals surface area contributed by atoms with Crippen molar-refractivity contribution >= 4 is 5.91 Å². The highest BCUT2D eigenvalue weighted by Gasteiger charge is 2.28. The highest BCUT2D eigenvalue weighted by molar-refractivity contribution is 5.93. The lowest BCUT2D eigenvalue weighted by molar-refractivity contribution is -0.114. The van der Waals surface area contributed by atoms with Crippen LogP contribution in [0.1, 0.15) is 12.8 Å². The Bertz CT molecular complexity index is 234. The SMILES string of the molecule is NC(=O)C1=C2CCCN2NC1. The summed E-state index contributed by atoms with van der Waals surface area (Å²) in [6.45, 7) is 1.62. The molecule has 0 atom stereocenters. The van der Waals surface area contributed by atoms with Crippen LogP contribution >= 0.6 is 0 Å². The second-order valence-corrected chi connectivity index (χ2v) is 2.88. The zero-order valence-electron chi connectivity index (χ0n) is 6.26. The smallest absolute Gasteiger partial charge is 0.247 e. The van der Waals surface area contributed by atoms with Crippen molar-refractivity contribution in [1.82, 2.24) is 10.4 Å². The first-order chi connectivity index (χ1) is 5.29. The van der Waals surface area contributed by atoms with Gasteiger partial charge in [-0.3, -0.25) is 4.79 Å². The molecule has 11 heavy (non-hydrogen) atoms. The fourth-order valence-corrected chi connectivity index (χ4v) is 1.67. The van der Waals surface area contributed by atoms with Gasteiger partial charge in [-0.25, -0.2) is 5.43 Å². The summed E-state index contributed by atoms with van der Waals surface area (Å²) in [4.78, 5) is 10.8. The van der Waals surface area contributed by atoms with E-state index in [-0.39, 0.29) is 5.91 Å². The molecule has 60 valence electrons. The molecular weight excluding hydrogens is 142 g/mol. The quantitative estimate of drug-likeness (QED) is 0.525. The maximum absolute atomic E-state index is 10.8. The normalized spacial score (nSPS) is 22.7. The molecule has 0 saturated carbocycles. The molecule has 0 radical (unpaired) electrons. The predicted octanol–water partition coefficient (Wildman–Crippen LogP) is -0.660. The third kappa shape index (κ3) is 0.903. The minimum absolute atomic E-state index is 0.281. The van der Waals surface area contributed by atoms with Gasteiger partial charge in [0.1, 0.15) is 0 Å². The van der Waals surface area contributed by atoms with E-state index in [9.17, 15) is 4.79 Å². The van der Waals surface area contributed by atoms with Crippen molar-refractivity contribution < 1.29 is 4.79 Å². The molecule has 0 aromatic rings. The van der Waals surface area contributed by atoms with Gasteiger partial charge in [-0.1, -0.05) is 0 Å². The Labute approximate surface area is 65.0 Å². The van der Waals surface area contributed by atoms with E-state index in [1.807, 2.05) is 5.01 Å². The van der Waals surface area contributed by atoms with E-state index in [1.165, 1.54) is 0 Å². The Kier molecular flexibility index (Phi) is 1.35. The number of fused-ring (bicyclic) bond motifs is 1. The molecule has 0 unspecified atom stereocenters. The van der Waals surface area contributed by atoms with Gasteiger partial charge in [0.2, 0.25) is 5.91 Å². The van der Waals surface area contributed by atoms with Gasteiger partial charge < -0.3 is 10.7 Å². The third-order valence-electron chi connectivity index (χ3n) is 2.21. The summed E-state index contributed by atoms with van der Waals surface area (Å²) in [5, 5.41) is 2.03. The molecule has 0 aromatic heterocycles. The Balaban J connectivity index is 2.30. The lowest BCUT2D eigenvalue weighted by Gasteiger charge is -2.11. The van der Waals surface area contributed by atoms with E-state index < -0.39 is 0 Å². The molecule has 1 saturated heterocycles. The predicted molar refractivity (Wildman–Crippen MR) is 40.2 cm³/mol.